The van der Waals surface area contributed by atoms with Crippen molar-refractivity contribution in [1.82, 2.24) is 10.6 Å². The third-order valence-electron chi connectivity index (χ3n) is 4.35. The summed E-state index contributed by atoms with van der Waals surface area (Å²) in [5, 5.41) is 15.3. The molecule has 1 aromatic carbocycles. The molecule has 1 saturated heterocycles. The maximum atomic E-state index is 12.3. The molecule has 138 valence electrons. The van der Waals surface area contributed by atoms with Gasteiger partial charge in [-0.1, -0.05) is 61.2 Å². The van der Waals surface area contributed by atoms with E-state index in [1.165, 1.54) is 0 Å². The van der Waals surface area contributed by atoms with Crippen molar-refractivity contribution in [3.05, 3.63) is 66.3 Å². The van der Waals surface area contributed by atoms with Gasteiger partial charge in [-0.05, 0) is 30.5 Å². The Hall–Kier alpha value is -2.66. The van der Waals surface area contributed by atoms with Gasteiger partial charge in [0.2, 0.25) is 5.91 Å². The number of aliphatic carboxylic acids is 1. The second kappa shape index (κ2) is 10.4. The van der Waals surface area contributed by atoms with E-state index in [-0.39, 0.29) is 18.2 Å². The number of allylic oxidation sites excluding steroid dienone is 4. The molecule has 0 aromatic heterocycles. The number of hydrogen-bond acceptors (Lipinski definition) is 3. The van der Waals surface area contributed by atoms with Crippen molar-refractivity contribution in [3.63, 3.8) is 0 Å². The highest BCUT2D eigenvalue weighted by Gasteiger charge is 2.26. The van der Waals surface area contributed by atoms with Gasteiger partial charge in [-0.25, -0.2) is 4.79 Å². The van der Waals surface area contributed by atoms with Crippen LogP contribution in [0.5, 0.6) is 0 Å². The van der Waals surface area contributed by atoms with E-state index in [2.05, 4.69) is 17.2 Å². The summed E-state index contributed by atoms with van der Waals surface area (Å²) in [6, 6.07) is 6.72. The molecule has 5 heteroatoms. The molecule has 0 bridgehead atoms. The fraction of sp³-hybridized carbons (Fsp3) is 0.333. The van der Waals surface area contributed by atoms with Gasteiger partial charge in [0.1, 0.15) is 6.04 Å². The molecule has 1 aliphatic heterocycles. The van der Waals surface area contributed by atoms with Crippen LogP contribution in [0.4, 0.5) is 0 Å². The predicted octanol–water partition coefficient (Wildman–Crippen LogP) is 2.55. The first-order valence-corrected chi connectivity index (χ1v) is 8.88. The number of benzene rings is 1. The average molecular weight is 354 g/mol. The van der Waals surface area contributed by atoms with Crippen molar-refractivity contribution < 1.29 is 14.7 Å². The maximum Gasteiger partial charge on any atom is 0.326 e. The molecule has 2 atom stereocenters. The van der Waals surface area contributed by atoms with E-state index in [1.807, 2.05) is 48.6 Å². The Morgan fingerprint density at radius 1 is 1.27 bits per heavy atom. The molecular weight excluding hydrogens is 328 g/mol. The van der Waals surface area contributed by atoms with Gasteiger partial charge in [-0.15, -0.1) is 0 Å². The van der Waals surface area contributed by atoms with Crippen LogP contribution < -0.4 is 10.6 Å². The SMILES string of the molecule is C=C/C=C\C=C\c1ccc(CC(NC(=O)C2CCCNC2)C(=O)O)cc1. The first-order valence-electron chi connectivity index (χ1n) is 8.88. The van der Waals surface area contributed by atoms with Gasteiger partial charge in [0.25, 0.3) is 0 Å². The Kier molecular flexibility index (Phi) is 7.83. The van der Waals surface area contributed by atoms with Gasteiger partial charge in [-0.3, -0.25) is 4.79 Å². The molecule has 1 heterocycles. The van der Waals surface area contributed by atoms with Crippen LogP contribution in [-0.2, 0) is 16.0 Å². The van der Waals surface area contributed by atoms with Crippen molar-refractivity contribution in [2.24, 2.45) is 5.92 Å². The fourth-order valence-corrected chi connectivity index (χ4v) is 2.88. The third-order valence-corrected chi connectivity index (χ3v) is 4.35. The van der Waals surface area contributed by atoms with E-state index in [0.717, 1.165) is 30.5 Å². The number of carbonyl (C=O) groups is 2. The molecule has 3 N–H and O–H groups in total. The van der Waals surface area contributed by atoms with Crippen LogP contribution in [0.3, 0.4) is 0 Å². The fourth-order valence-electron chi connectivity index (χ4n) is 2.88. The summed E-state index contributed by atoms with van der Waals surface area (Å²) in [7, 11) is 0. The van der Waals surface area contributed by atoms with Crippen LogP contribution in [0, 0.1) is 5.92 Å². The first kappa shape index (κ1) is 19.7. The van der Waals surface area contributed by atoms with E-state index in [4.69, 9.17) is 0 Å². The largest absolute Gasteiger partial charge is 0.480 e. The Morgan fingerprint density at radius 3 is 2.65 bits per heavy atom. The number of carboxylic acids is 1. The van der Waals surface area contributed by atoms with Gasteiger partial charge in [0.15, 0.2) is 0 Å². The number of hydrogen-bond donors (Lipinski definition) is 3. The van der Waals surface area contributed by atoms with Crippen molar-refractivity contribution in [2.75, 3.05) is 13.1 Å². The average Bonchev–Trinajstić information content (AvgIpc) is 2.66. The number of nitrogens with one attached hydrogen (secondary N) is 2. The lowest BCUT2D eigenvalue weighted by atomic mass is 9.97. The number of carboxylic acid groups (broad SMARTS) is 1. The minimum atomic E-state index is -1.01. The first-order chi connectivity index (χ1) is 12.6. The van der Waals surface area contributed by atoms with Gasteiger partial charge < -0.3 is 15.7 Å². The van der Waals surface area contributed by atoms with Crippen molar-refractivity contribution in [2.45, 2.75) is 25.3 Å². The maximum absolute atomic E-state index is 12.3. The number of rotatable bonds is 8. The number of carbonyl (C=O) groups excluding carboxylic acids is 1. The topological polar surface area (TPSA) is 78.4 Å². The molecule has 0 spiro atoms. The summed E-state index contributed by atoms with van der Waals surface area (Å²) in [5.74, 6) is -1.35. The van der Waals surface area contributed by atoms with E-state index in [9.17, 15) is 14.7 Å². The lowest BCUT2D eigenvalue weighted by Crippen LogP contribution is -2.48. The van der Waals surface area contributed by atoms with Crippen molar-refractivity contribution in [3.8, 4) is 0 Å². The van der Waals surface area contributed by atoms with Crippen LogP contribution in [-0.4, -0.2) is 36.1 Å². The Labute approximate surface area is 154 Å². The summed E-state index contributed by atoms with van der Waals surface area (Å²) in [6.45, 7) is 5.13. The zero-order valence-electron chi connectivity index (χ0n) is 14.9. The summed E-state index contributed by atoms with van der Waals surface area (Å²) >= 11 is 0. The second-order valence-electron chi connectivity index (χ2n) is 6.37. The Balaban J connectivity index is 1.95. The van der Waals surface area contributed by atoms with Crippen molar-refractivity contribution in [1.29, 1.82) is 0 Å². The summed E-state index contributed by atoms with van der Waals surface area (Å²) in [6.07, 6.45) is 11.3. The highest BCUT2D eigenvalue weighted by Crippen LogP contribution is 2.12. The number of amides is 1. The number of piperidine rings is 1. The van der Waals surface area contributed by atoms with E-state index in [1.54, 1.807) is 6.08 Å². The molecule has 1 aromatic rings. The standard InChI is InChI=1S/C21H26N2O3/c1-2-3-4-5-7-16-9-11-17(12-10-16)14-19(21(25)26)23-20(24)18-8-6-13-22-15-18/h2-5,7,9-12,18-19,22H,1,6,8,13-15H2,(H,23,24)(H,25,26)/b4-3-,7-5+. The molecular formula is C21H26N2O3. The Bertz CT molecular complexity index is 671. The van der Waals surface area contributed by atoms with Gasteiger partial charge in [-0.2, -0.15) is 0 Å². The minimum Gasteiger partial charge on any atom is -0.480 e. The summed E-state index contributed by atoms with van der Waals surface area (Å²) < 4.78 is 0. The smallest absolute Gasteiger partial charge is 0.326 e. The molecule has 1 fully saturated rings. The highest BCUT2D eigenvalue weighted by molar-refractivity contribution is 5.85. The molecule has 1 aliphatic rings. The van der Waals surface area contributed by atoms with Crippen LogP contribution in [0.25, 0.3) is 6.08 Å². The lowest BCUT2D eigenvalue weighted by molar-refractivity contribution is -0.142. The molecule has 2 rings (SSSR count). The zero-order valence-corrected chi connectivity index (χ0v) is 14.9. The second-order valence-corrected chi connectivity index (χ2v) is 6.37. The van der Waals surface area contributed by atoms with Gasteiger partial charge in [0, 0.05) is 13.0 Å². The molecule has 1 amide bonds. The third kappa shape index (κ3) is 6.33. The molecule has 2 unspecified atom stereocenters. The quantitative estimate of drug-likeness (QED) is 0.627. The highest BCUT2D eigenvalue weighted by atomic mass is 16.4. The normalized spacial score (nSPS) is 18.7. The molecule has 0 saturated carbocycles. The minimum absolute atomic E-state index is 0.151. The van der Waals surface area contributed by atoms with Crippen LogP contribution in [0.2, 0.25) is 0 Å². The monoisotopic (exact) mass is 354 g/mol. The molecule has 26 heavy (non-hydrogen) atoms. The summed E-state index contributed by atoms with van der Waals surface area (Å²) in [5.41, 5.74) is 1.89. The van der Waals surface area contributed by atoms with Crippen LogP contribution in [0.1, 0.15) is 24.0 Å². The van der Waals surface area contributed by atoms with Crippen LogP contribution in [0.15, 0.2) is 55.1 Å². The Morgan fingerprint density at radius 2 is 2.04 bits per heavy atom. The van der Waals surface area contributed by atoms with E-state index >= 15 is 0 Å². The zero-order chi connectivity index (χ0) is 18.8. The van der Waals surface area contributed by atoms with Crippen LogP contribution >= 0.6 is 0 Å². The van der Waals surface area contributed by atoms with Gasteiger partial charge >= 0.3 is 5.97 Å². The predicted molar refractivity (Wildman–Crippen MR) is 104 cm³/mol. The molecule has 0 aliphatic carbocycles. The van der Waals surface area contributed by atoms with Gasteiger partial charge in [0.05, 0.1) is 5.92 Å². The van der Waals surface area contributed by atoms with E-state index in [0.29, 0.717) is 6.54 Å². The molecule has 5 nitrogen and oxygen atoms in total. The molecule has 0 radical (unpaired) electrons. The summed E-state index contributed by atoms with van der Waals surface area (Å²) in [4.78, 5) is 23.8. The van der Waals surface area contributed by atoms with Crippen molar-refractivity contribution >= 4 is 18.0 Å². The lowest BCUT2D eigenvalue weighted by Gasteiger charge is -2.24. The van der Waals surface area contributed by atoms with E-state index < -0.39 is 12.0 Å².